The van der Waals surface area contributed by atoms with Gasteiger partial charge in [-0.2, -0.15) is 0 Å². The van der Waals surface area contributed by atoms with Gasteiger partial charge in [0.05, 0.1) is 24.5 Å². The van der Waals surface area contributed by atoms with Gasteiger partial charge in [0.1, 0.15) is 0 Å². The van der Waals surface area contributed by atoms with Gasteiger partial charge >= 0.3 is 5.97 Å². The zero-order chi connectivity index (χ0) is 12.0. The van der Waals surface area contributed by atoms with Crippen LogP contribution in [-0.2, 0) is 19.2 Å². The van der Waals surface area contributed by atoms with Crippen molar-refractivity contribution >= 4 is 11.9 Å². The summed E-state index contributed by atoms with van der Waals surface area (Å²) in [7, 11) is 3.06. The average molecular weight is 227 g/mol. The van der Waals surface area contributed by atoms with Gasteiger partial charge in [-0.3, -0.25) is 14.4 Å². The van der Waals surface area contributed by atoms with E-state index in [4.69, 9.17) is 9.57 Å². The van der Waals surface area contributed by atoms with E-state index in [-0.39, 0.29) is 22.7 Å². The summed E-state index contributed by atoms with van der Waals surface area (Å²) in [5.74, 6) is -0.175. The van der Waals surface area contributed by atoms with Gasteiger partial charge in [0.15, 0.2) is 0 Å². The van der Waals surface area contributed by atoms with Gasteiger partial charge in [0, 0.05) is 7.05 Å². The Morgan fingerprint density at radius 2 is 1.81 bits per heavy atom. The molecule has 3 aliphatic carbocycles. The molecular formula is C11H17NO4. The van der Waals surface area contributed by atoms with E-state index in [0.29, 0.717) is 25.9 Å². The second kappa shape index (κ2) is 3.45. The van der Waals surface area contributed by atoms with Crippen LogP contribution in [0.3, 0.4) is 0 Å². The molecular weight excluding hydrogens is 210 g/mol. The molecule has 16 heavy (non-hydrogen) atoms. The Bertz CT molecular complexity index is 319. The number of carbonyl (C=O) groups is 2. The van der Waals surface area contributed by atoms with E-state index in [2.05, 4.69) is 0 Å². The van der Waals surface area contributed by atoms with E-state index in [1.54, 1.807) is 14.0 Å². The fourth-order valence-electron chi connectivity index (χ4n) is 2.93. The number of hydroxylamine groups is 2. The SMILES string of the molecule is CCOC(=O)[C@]12C[C@](C(=O)N(C)OC)(C1)C2. The number of hydrogen-bond acceptors (Lipinski definition) is 4. The zero-order valence-electron chi connectivity index (χ0n) is 9.91. The highest BCUT2D eigenvalue weighted by atomic mass is 16.7. The Kier molecular flexibility index (Phi) is 2.45. The van der Waals surface area contributed by atoms with Crippen molar-refractivity contribution in [3.8, 4) is 0 Å². The first-order valence-corrected chi connectivity index (χ1v) is 5.49. The smallest absolute Gasteiger partial charge is 0.312 e. The number of rotatable bonds is 4. The van der Waals surface area contributed by atoms with E-state index >= 15 is 0 Å². The molecule has 3 saturated carbocycles. The molecule has 0 atom stereocenters. The number of nitrogens with zero attached hydrogens (tertiary/aromatic N) is 1. The summed E-state index contributed by atoms with van der Waals surface area (Å²) in [6.45, 7) is 2.20. The van der Waals surface area contributed by atoms with Crippen molar-refractivity contribution in [2.45, 2.75) is 26.2 Å². The van der Waals surface area contributed by atoms with Crippen molar-refractivity contribution < 1.29 is 19.2 Å². The van der Waals surface area contributed by atoms with Crippen molar-refractivity contribution in [1.82, 2.24) is 5.06 Å². The normalized spacial score (nSPS) is 34.7. The fourth-order valence-corrected chi connectivity index (χ4v) is 2.93. The predicted molar refractivity (Wildman–Crippen MR) is 55.1 cm³/mol. The molecule has 1 amide bonds. The topological polar surface area (TPSA) is 55.8 Å². The summed E-state index contributed by atoms with van der Waals surface area (Å²) < 4.78 is 5.00. The quantitative estimate of drug-likeness (QED) is 0.525. The molecule has 0 unspecified atom stereocenters. The molecule has 3 aliphatic rings. The summed E-state index contributed by atoms with van der Waals surface area (Å²) in [4.78, 5) is 28.4. The number of amides is 1. The number of esters is 1. The maximum absolute atomic E-state index is 11.9. The first-order valence-electron chi connectivity index (χ1n) is 5.49. The third kappa shape index (κ3) is 1.27. The van der Waals surface area contributed by atoms with Crippen molar-refractivity contribution in [2.75, 3.05) is 20.8 Å². The molecule has 90 valence electrons. The van der Waals surface area contributed by atoms with E-state index in [0.717, 1.165) is 0 Å². The van der Waals surface area contributed by atoms with Gasteiger partial charge in [-0.15, -0.1) is 0 Å². The highest BCUT2D eigenvalue weighted by Crippen LogP contribution is 2.74. The van der Waals surface area contributed by atoms with Gasteiger partial charge in [0.2, 0.25) is 0 Å². The summed E-state index contributed by atoms with van der Waals surface area (Å²) in [6.07, 6.45) is 1.85. The van der Waals surface area contributed by atoms with E-state index in [1.807, 2.05) is 0 Å². The molecule has 5 heteroatoms. The number of carbonyl (C=O) groups excluding carboxylic acids is 2. The standard InChI is InChI=1S/C11H17NO4/c1-4-16-9(14)11-5-10(6-11,7-11)8(13)12(2)15-3/h4-7H2,1-3H3/t10-,11+. The highest BCUT2D eigenvalue weighted by Gasteiger charge is 2.76. The van der Waals surface area contributed by atoms with Crippen LogP contribution in [0.4, 0.5) is 0 Å². The lowest BCUT2D eigenvalue weighted by atomic mass is 9.35. The summed E-state index contributed by atoms with van der Waals surface area (Å²) >= 11 is 0. The van der Waals surface area contributed by atoms with Crippen LogP contribution in [0, 0.1) is 10.8 Å². The first-order chi connectivity index (χ1) is 7.49. The van der Waals surface area contributed by atoms with E-state index in [1.165, 1.54) is 12.2 Å². The van der Waals surface area contributed by atoms with E-state index in [9.17, 15) is 9.59 Å². The summed E-state index contributed by atoms with van der Waals surface area (Å²) in [5.41, 5.74) is -0.711. The van der Waals surface area contributed by atoms with Gasteiger partial charge in [-0.25, -0.2) is 5.06 Å². The molecule has 0 N–H and O–H groups in total. The van der Waals surface area contributed by atoms with Crippen LogP contribution < -0.4 is 0 Å². The molecule has 3 fully saturated rings. The molecule has 0 heterocycles. The van der Waals surface area contributed by atoms with Gasteiger partial charge in [-0.05, 0) is 26.2 Å². The second-order valence-electron chi connectivity index (χ2n) is 4.80. The molecule has 0 radical (unpaired) electrons. The van der Waals surface area contributed by atoms with Gasteiger partial charge in [0.25, 0.3) is 5.91 Å². The van der Waals surface area contributed by atoms with Crippen LogP contribution in [0.5, 0.6) is 0 Å². The van der Waals surface area contributed by atoms with Gasteiger partial charge < -0.3 is 4.74 Å². The third-order valence-corrected chi connectivity index (χ3v) is 3.75. The Labute approximate surface area is 94.6 Å². The molecule has 0 aromatic rings. The largest absolute Gasteiger partial charge is 0.466 e. The summed E-state index contributed by atoms with van der Waals surface area (Å²) in [6, 6.07) is 0. The average Bonchev–Trinajstić information content (AvgIpc) is 2.12. The van der Waals surface area contributed by atoms with Crippen molar-refractivity contribution in [2.24, 2.45) is 10.8 Å². The van der Waals surface area contributed by atoms with Crippen molar-refractivity contribution in [3.05, 3.63) is 0 Å². The van der Waals surface area contributed by atoms with Crippen LogP contribution in [0.15, 0.2) is 0 Å². The third-order valence-electron chi connectivity index (χ3n) is 3.75. The predicted octanol–water partition coefficient (Wildman–Crippen LogP) is 0.740. The van der Waals surface area contributed by atoms with Gasteiger partial charge in [-0.1, -0.05) is 0 Å². The minimum absolute atomic E-state index is 0.0267. The maximum atomic E-state index is 11.9. The number of hydrogen-bond donors (Lipinski definition) is 0. The van der Waals surface area contributed by atoms with Crippen LogP contribution in [0.25, 0.3) is 0 Å². The molecule has 0 spiro atoms. The van der Waals surface area contributed by atoms with Crippen LogP contribution in [0.1, 0.15) is 26.2 Å². The highest BCUT2D eigenvalue weighted by molar-refractivity contribution is 5.93. The molecule has 0 aromatic carbocycles. The van der Waals surface area contributed by atoms with Crippen molar-refractivity contribution in [3.63, 3.8) is 0 Å². The van der Waals surface area contributed by atoms with E-state index < -0.39 is 0 Å². The second-order valence-corrected chi connectivity index (χ2v) is 4.80. The maximum Gasteiger partial charge on any atom is 0.312 e. The Balaban J connectivity index is 1.93. The Morgan fingerprint density at radius 3 is 2.25 bits per heavy atom. The number of ether oxygens (including phenoxy) is 1. The fraction of sp³-hybridized carbons (Fsp3) is 0.818. The molecule has 0 saturated heterocycles. The monoisotopic (exact) mass is 227 g/mol. The lowest BCUT2D eigenvalue weighted by Gasteiger charge is -2.67. The molecule has 0 aromatic heterocycles. The minimum Gasteiger partial charge on any atom is -0.466 e. The van der Waals surface area contributed by atoms with Crippen molar-refractivity contribution in [1.29, 1.82) is 0 Å². The van der Waals surface area contributed by atoms with Crippen LogP contribution >= 0.6 is 0 Å². The summed E-state index contributed by atoms with van der Waals surface area (Å²) in [5, 5.41) is 1.24. The molecule has 2 bridgehead atoms. The lowest BCUT2D eigenvalue weighted by Crippen LogP contribution is -2.70. The minimum atomic E-state index is -0.361. The Morgan fingerprint density at radius 1 is 1.25 bits per heavy atom. The zero-order valence-corrected chi connectivity index (χ0v) is 9.91. The lowest BCUT2D eigenvalue weighted by molar-refractivity contribution is -0.245. The van der Waals surface area contributed by atoms with Crippen LogP contribution in [0.2, 0.25) is 0 Å². The Hall–Kier alpha value is -1.10. The molecule has 3 rings (SSSR count). The molecule has 5 nitrogen and oxygen atoms in total. The molecule has 0 aliphatic heterocycles. The first kappa shape index (κ1) is 11.4. The van der Waals surface area contributed by atoms with Crippen LogP contribution in [-0.4, -0.2) is 37.7 Å².